The van der Waals surface area contributed by atoms with Crippen LogP contribution in [0.3, 0.4) is 0 Å². The van der Waals surface area contributed by atoms with Gasteiger partial charge >= 0.3 is 0 Å². The molecule has 0 saturated carbocycles. The van der Waals surface area contributed by atoms with Crippen molar-refractivity contribution < 1.29 is 4.74 Å². The third kappa shape index (κ3) is 2.90. The minimum Gasteiger partial charge on any atom is -0.496 e. The quantitative estimate of drug-likeness (QED) is 0.650. The van der Waals surface area contributed by atoms with Gasteiger partial charge in [-0.15, -0.1) is 0 Å². The number of methoxy groups -OCH3 is 1. The number of rotatable bonds is 3. The van der Waals surface area contributed by atoms with Crippen LogP contribution < -0.4 is 4.74 Å². The van der Waals surface area contributed by atoms with Gasteiger partial charge < -0.3 is 4.74 Å². The Morgan fingerprint density at radius 3 is 2.62 bits per heavy atom. The van der Waals surface area contributed by atoms with Gasteiger partial charge in [0.15, 0.2) is 0 Å². The first kappa shape index (κ1) is 9.78. The van der Waals surface area contributed by atoms with Gasteiger partial charge in [0.2, 0.25) is 0 Å². The Labute approximate surface area is 79.3 Å². The fraction of sp³-hybridized carbons (Fsp3) is 0.364. The van der Waals surface area contributed by atoms with Crippen LogP contribution in [0.25, 0.3) is 0 Å². The molecule has 0 bridgehead atoms. The van der Waals surface area contributed by atoms with Gasteiger partial charge in [-0.1, -0.05) is 18.2 Å². The fourth-order valence-electron chi connectivity index (χ4n) is 1.08. The highest BCUT2D eigenvalue weighted by Crippen LogP contribution is 2.17. The van der Waals surface area contributed by atoms with Gasteiger partial charge in [-0.2, -0.15) is 0 Å². The van der Waals surface area contributed by atoms with Crippen LogP contribution in [0.5, 0.6) is 5.75 Å². The maximum atomic E-state index is 5.21. The van der Waals surface area contributed by atoms with E-state index in [2.05, 4.69) is 4.99 Å². The van der Waals surface area contributed by atoms with Gasteiger partial charge in [0.05, 0.1) is 13.7 Å². The number of aliphatic imine (C=N–C) groups is 1. The summed E-state index contributed by atoms with van der Waals surface area (Å²) in [7, 11) is 1.68. The highest BCUT2D eigenvalue weighted by Gasteiger charge is 1.98. The van der Waals surface area contributed by atoms with Crippen molar-refractivity contribution in [3.8, 4) is 5.75 Å². The zero-order valence-corrected chi connectivity index (χ0v) is 8.37. The van der Waals surface area contributed by atoms with E-state index in [0.29, 0.717) is 6.54 Å². The maximum Gasteiger partial charge on any atom is 0.123 e. The molecule has 0 aliphatic carbocycles. The largest absolute Gasteiger partial charge is 0.496 e. The molecule has 0 aliphatic heterocycles. The highest BCUT2D eigenvalue weighted by atomic mass is 16.5. The zero-order chi connectivity index (χ0) is 9.68. The molecule has 2 heteroatoms. The summed E-state index contributed by atoms with van der Waals surface area (Å²) < 4.78 is 5.21. The van der Waals surface area contributed by atoms with E-state index < -0.39 is 0 Å². The van der Waals surface area contributed by atoms with E-state index >= 15 is 0 Å². The molecule has 0 unspecified atom stereocenters. The average molecular weight is 177 g/mol. The van der Waals surface area contributed by atoms with Crippen molar-refractivity contribution in [2.24, 2.45) is 4.99 Å². The van der Waals surface area contributed by atoms with E-state index in [1.807, 2.05) is 38.1 Å². The Morgan fingerprint density at radius 2 is 2.00 bits per heavy atom. The van der Waals surface area contributed by atoms with E-state index in [-0.39, 0.29) is 0 Å². The van der Waals surface area contributed by atoms with Crippen LogP contribution in [0.1, 0.15) is 19.4 Å². The summed E-state index contributed by atoms with van der Waals surface area (Å²) in [5.74, 6) is 0.910. The van der Waals surface area contributed by atoms with Crippen molar-refractivity contribution in [1.29, 1.82) is 0 Å². The number of ether oxygens (including phenoxy) is 1. The molecule has 0 radical (unpaired) electrons. The summed E-state index contributed by atoms with van der Waals surface area (Å²) in [4.78, 5) is 4.34. The van der Waals surface area contributed by atoms with Crippen LogP contribution >= 0.6 is 0 Å². The van der Waals surface area contributed by atoms with Gasteiger partial charge in [0.1, 0.15) is 5.75 Å². The molecule has 70 valence electrons. The molecule has 1 aromatic rings. The second kappa shape index (κ2) is 4.65. The van der Waals surface area contributed by atoms with Crippen LogP contribution in [0, 0.1) is 0 Å². The average Bonchev–Trinajstić information content (AvgIpc) is 2.15. The van der Waals surface area contributed by atoms with E-state index in [4.69, 9.17) is 4.74 Å². The highest BCUT2D eigenvalue weighted by molar-refractivity contribution is 5.79. The van der Waals surface area contributed by atoms with Gasteiger partial charge in [0, 0.05) is 11.3 Å². The van der Waals surface area contributed by atoms with Crippen molar-refractivity contribution in [1.82, 2.24) is 0 Å². The molecule has 0 atom stereocenters. The molecule has 1 rings (SSSR count). The van der Waals surface area contributed by atoms with E-state index in [1.165, 1.54) is 0 Å². The van der Waals surface area contributed by atoms with E-state index in [0.717, 1.165) is 17.0 Å². The first-order valence-corrected chi connectivity index (χ1v) is 4.33. The number of benzene rings is 1. The topological polar surface area (TPSA) is 21.6 Å². The van der Waals surface area contributed by atoms with Crippen LogP contribution in [0.2, 0.25) is 0 Å². The van der Waals surface area contributed by atoms with Crippen LogP contribution in [0.4, 0.5) is 0 Å². The minimum atomic E-state index is 0.701. The standard InChI is InChI=1S/C11H15NO/c1-9(2)12-8-10-6-4-5-7-11(10)13-3/h4-7H,8H2,1-3H3. The lowest BCUT2D eigenvalue weighted by atomic mass is 10.2. The molecule has 0 amide bonds. The monoisotopic (exact) mass is 177 g/mol. The van der Waals surface area contributed by atoms with Gasteiger partial charge in [-0.3, -0.25) is 4.99 Å². The summed E-state index contributed by atoms with van der Waals surface area (Å²) in [5.41, 5.74) is 2.22. The van der Waals surface area contributed by atoms with Crippen molar-refractivity contribution in [3.63, 3.8) is 0 Å². The normalized spacial score (nSPS) is 9.46. The summed E-state index contributed by atoms with van der Waals surface area (Å²) in [6, 6.07) is 7.95. The molecule has 0 heterocycles. The first-order chi connectivity index (χ1) is 6.24. The van der Waals surface area contributed by atoms with Gasteiger partial charge in [-0.25, -0.2) is 0 Å². The lowest BCUT2D eigenvalue weighted by Crippen LogP contribution is -1.91. The predicted molar refractivity (Wildman–Crippen MR) is 55.5 cm³/mol. The van der Waals surface area contributed by atoms with Crippen LogP contribution in [0.15, 0.2) is 29.3 Å². The summed E-state index contributed by atoms with van der Waals surface area (Å²) >= 11 is 0. The Bertz CT molecular complexity index is 301. The molecule has 0 aliphatic rings. The molecular formula is C11H15NO. The zero-order valence-electron chi connectivity index (χ0n) is 8.37. The van der Waals surface area contributed by atoms with Crippen molar-refractivity contribution in [2.75, 3.05) is 7.11 Å². The van der Waals surface area contributed by atoms with E-state index in [9.17, 15) is 0 Å². The predicted octanol–water partition coefficient (Wildman–Crippen LogP) is 2.68. The summed E-state index contributed by atoms with van der Waals surface area (Å²) in [6.07, 6.45) is 0. The van der Waals surface area contributed by atoms with Crippen molar-refractivity contribution in [3.05, 3.63) is 29.8 Å². The van der Waals surface area contributed by atoms with E-state index in [1.54, 1.807) is 7.11 Å². The van der Waals surface area contributed by atoms with Crippen LogP contribution in [-0.4, -0.2) is 12.8 Å². The van der Waals surface area contributed by atoms with Crippen molar-refractivity contribution >= 4 is 5.71 Å². The Kier molecular flexibility index (Phi) is 3.50. The molecular weight excluding hydrogens is 162 g/mol. The van der Waals surface area contributed by atoms with Crippen molar-refractivity contribution in [2.45, 2.75) is 20.4 Å². The molecule has 1 aromatic carbocycles. The second-order valence-corrected chi connectivity index (χ2v) is 3.08. The number of hydrogen-bond acceptors (Lipinski definition) is 2. The Hall–Kier alpha value is -1.31. The third-order valence-corrected chi connectivity index (χ3v) is 1.76. The summed E-state index contributed by atoms with van der Waals surface area (Å²) in [6.45, 7) is 4.69. The molecule has 13 heavy (non-hydrogen) atoms. The van der Waals surface area contributed by atoms with Gasteiger partial charge in [0.25, 0.3) is 0 Å². The number of hydrogen-bond donors (Lipinski definition) is 0. The number of nitrogens with zero attached hydrogens (tertiary/aromatic N) is 1. The molecule has 2 nitrogen and oxygen atoms in total. The smallest absolute Gasteiger partial charge is 0.123 e. The summed E-state index contributed by atoms with van der Waals surface area (Å²) in [5, 5.41) is 0. The molecule has 0 spiro atoms. The van der Waals surface area contributed by atoms with Gasteiger partial charge in [-0.05, 0) is 19.9 Å². The van der Waals surface area contributed by atoms with Crippen LogP contribution in [-0.2, 0) is 6.54 Å². The Morgan fingerprint density at radius 1 is 1.31 bits per heavy atom. The SMILES string of the molecule is COc1ccccc1CN=C(C)C. The lowest BCUT2D eigenvalue weighted by molar-refractivity contribution is 0.410. The molecule has 0 N–H and O–H groups in total. The Balaban J connectivity index is 2.81. The fourth-order valence-corrected chi connectivity index (χ4v) is 1.08. The maximum absolute atomic E-state index is 5.21. The lowest BCUT2D eigenvalue weighted by Gasteiger charge is -2.05. The molecule has 0 aromatic heterocycles. The number of para-hydroxylation sites is 1. The molecule has 0 saturated heterocycles. The first-order valence-electron chi connectivity index (χ1n) is 4.33. The second-order valence-electron chi connectivity index (χ2n) is 3.08. The minimum absolute atomic E-state index is 0.701. The third-order valence-electron chi connectivity index (χ3n) is 1.76. The molecule has 0 fully saturated rings.